The second-order valence-electron chi connectivity index (χ2n) is 5.29. The van der Waals surface area contributed by atoms with E-state index >= 15 is 0 Å². The second kappa shape index (κ2) is 6.77. The van der Waals surface area contributed by atoms with Crippen LogP contribution in [-0.4, -0.2) is 31.9 Å². The second-order valence-corrected chi connectivity index (χ2v) is 8.32. The summed E-state index contributed by atoms with van der Waals surface area (Å²) in [5.74, 6) is -0.257. The molecule has 0 radical (unpaired) electrons. The molecule has 0 spiro atoms. The molecule has 1 amide bonds. The number of pyridine rings is 1. The Bertz CT molecular complexity index is 787. The highest BCUT2D eigenvalue weighted by molar-refractivity contribution is 7.91. The van der Waals surface area contributed by atoms with E-state index in [2.05, 4.69) is 15.0 Å². The van der Waals surface area contributed by atoms with Gasteiger partial charge in [-0.25, -0.2) is 8.42 Å². The molecule has 1 unspecified atom stereocenters. The average Bonchev–Trinajstić information content (AvgIpc) is 2.97. The first-order chi connectivity index (χ1) is 11.1. The van der Waals surface area contributed by atoms with E-state index in [1.165, 1.54) is 0 Å². The Labute approximate surface area is 139 Å². The van der Waals surface area contributed by atoms with Gasteiger partial charge in [0.2, 0.25) is 5.91 Å². The summed E-state index contributed by atoms with van der Waals surface area (Å²) < 4.78 is 27.7. The Morgan fingerprint density at radius 1 is 1.22 bits per heavy atom. The standard InChI is InChI=1S/C15H17N3O3S2/c19-15-12(6-2-4-10-17-15)18-23(20,21)14-8-7-13(22-14)11-5-1-3-9-16-11/h1,3,5,7-9,12,18H,2,4,6,10H2,(H,17,19). The van der Waals surface area contributed by atoms with Crippen molar-refractivity contribution in [2.24, 2.45) is 0 Å². The van der Waals surface area contributed by atoms with Crippen LogP contribution in [0.25, 0.3) is 10.6 Å². The summed E-state index contributed by atoms with van der Waals surface area (Å²) in [5, 5.41) is 2.73. The smallest absolute Gasteiger partial charge is 0.250 e. The number of aromatic nitrogens is 1. The SMILES string of the molecule is O=C1NCCCCC1NS(=O)(=O)c1ccc(-c2ccccn2)s1. The summed E-state index contributed by atoms with van der Waals surface area (Å²) in [6, 6.07) is 8.06. The van der Waals surface area contributed by atoms with Crippen LogP contribution in [0.1, 0.15) is 19.3 Å². The molecule has 3 rings (SSSR count). The third-order valence-corrected chi connectivity index (χ3v) is 6.67. The van der Waals surface area contributed by atoms with Gasteiger partial charge in [0.25, 0.3) is 10.0 Å². The van der Waals surface area contributed by atoms with Crippen LogP contribution in [0.2, 0.25) is 0 Å². The van der Waals surface area contributed by atoms with Gasteiger partial charge in [-0.2, -0.15) is 4.72 Å². The molecule has 23 heavy (non-hydrogen) atoms. The summed E-state index contributed by atoms with van der Waals surface area (Å²) in [5.41, 5.74) is 0.728. The van der Waals surface area contributed by atoms with Crippen LogP contribution < -0.4 is 10.0 Å². The number of amides is 1. The van der Waals surface area contributed by atoms with Crippen molar-refractivity contribution >= 4 is 27.3 Å². The third kappa shape index (κ3) is 3.77. The Morgan fingerprint density at radius 2 is 2.09 bits per heavy atom. The Morgan fingerprint density at radius 3 is 2.87 bits per heavy atom. The minimum Gasteiger partial charge on any atom is -0.355 e. The van der Waals surface area contributed by atoms with Crippen LogP contribution in [-0.2, 0) is 14.8 Å². The molecule has 3 heterocycles. The maximum absolute atomic E-state index is 12.5. The lowest BCUT2D eigenvalue weighted by atomic mass is 10.1. The van der Waals surface area contributed by atoms with Crippen molar-refractivity contribution in [2.45, 2.75) is 29.5 Å². The van der Waals surface area contributed by atoms with Gasteiger partial charge < -0.3 is 5.32 Å². The summed E-state index contributed by atoms with van der Waals surface area (Å²) in [4.78, 5) is 16.9. The predicted molar refractivity (Wildman–Crippen MR) is 88.5 cm³/mol. The largest absolute Gasteiger partial charge is 0.355 e. The highest BCUT2D eigenvalue weighted by atomic mass is 32.2. The molecule has 0 bridgehead atoms. The van der Waals surface area contributed by atoms with Crippen molar-refractivity contribution < 1.29 is 13.2 Å². The number of carbonyl (C=O) groups is 1. The lowest BCUT2D eigenvalue weighted by Gasteiger charge is -2.14. The first-order valence-corrected chi connectivity index (χ1v) is 9.67. The van der Waals surface area contributed by atoms with Gasteiger partial charge in [0, 0.05) is 12.7 Å². The van der Waals surface area contributed by atoms with Gasteiger partial charge in [-0.15, -0.1) is 11.3 Å². The number of sulfonamides is 1. The highest BCUT2D eigenvalue weighted by Gasteiger charge is 2.27. The van der Waals surface area contributed by atoms with Crippen LogP contribution in [0.15, 0.2) is 40.7 Å². The fourth-order valence-corrected chi connectivity index (χ4v) is 4.94. The Kier molecular flexibility index (Phi) is 4.74. The Balaban J connectivity index is 1.80. The van der Waals surface area contributed by atoms with Crippen LogP contribution in [0.3, 0.4) is 0 Å². The van der Waals surface area contributed by atoms with E-state index in [4.69, 9.17) is 0 Å². The highest BCUT2D eigenvalue weighted by Crippen LogP contribution is 2.29. The number of hydrogen-bond acceptors (Lipinski definition) is 5. The molecular weight excluding hydrogens is 334 g/mol. The fraction of sp³-hybridized carbons (Fsp3) is 0.333. The molecule has 6 nitrogen and oxygen atoms in total. The summed E-state index contributed by atoms with van der Waals surface area (Å²) in [7, 11) is -3.72. The predicted octanol–water partition coefficient (Wildman–Crippen LogP) is 1.76. The monoisotopic (exact) mass is 351 g/mol. The van der Waals surface area contributed by atoms with Gasteiger partial charge in [-0.1, -0.05) is 6.07 Å². The molecule has 1 atom stereocenters. The van der Waals surface area contributed by atoms with E-state index in [0.29, 0.717) is 13.0 Å². The Hall–Kier alpha value is -1.77. The van der Waals surface area contributed by atoms with Crippen molar-refractivity contribution in [2.75, 3.05) is 6.54 Å². The maximum Gasteiger partial charge on any atom is 0.250 e. The average molecular weight is 351 g/mol. The van der Waals surface area contributed by atoms with Gasteiger partial charge >= 0.3 is 0 Å². The third-order valence-electron chi connectivity index (χ3n) is 3.60. The van der Waals surface area contributed by atoms with E-state index in [1.54, 1.807) is 24.4 Å². The maximum atomic E-state index is 12.5. The molecule has 0 aromatic carbocycles. The van der Waals surface area contributed by atoms with Crippen LogP contribution in [0.5, 0.6) is 0 Å². The zero-order chi connectivity index (χ0) is 16.3. The zero-order valence-corrected chi connectivity index (χ0v) is 14.0. The van der Waals surface area contributed by atoms with Gasteiger partial charge in [-0.05, 0) is 43.5 Å². The van der Waals surface area contributed by atoms with E-state index in [9.17, 15) is 13.2 Å². The molecular formula is C15H17N3O3S2. The number of nitrogens with zero attached hydrogens (tertiary/aromatic N) is 1. The van der Waals surface area contributed by atoms with E-state index in [0.717, 1.165) is 34.7 Å². The minimum absolute atomic E-state index is 0.190. The summed E-state index contributed by atoms with van der Waals surface area (Å²) in [6.07, 6.45) is 3.86. The molecule has 1 aliphatic heterocycles. The molecule has 8 heteroatoms. The van der Waals surface area contributed by atoms with Crippen LogP contribution >= 0.6 is 11.3 Å². The molecule has 0 saturated carbocycles. The number of hydrogen-bond donors (Lipinski definition) is 2. The molecule has 1 aliphatic rings. The van der Waals surface area contributed by atoms with Gasteiger partial charge in [0.05, 0.1) is 10.6 Å². The molecule has 2 aromatic heterocycles. The normalized spacial score (nSPS) is 19.1. The van der Waals surface area contributed by atoms with E-state index < -0.39 is 16.1 Å². The number of nitrogens with one attached hydrogen (secondary N) is 2. The summed E-state index contributed by atoms with van der Waals surface area (Å²) >= 11 is 1.14. The molecule has 1 saturated heterocycles. The van der Waals surface area contributed by atoms with Gasteiger partial charge in [0.15, 0.2) is 0 Å². The van der Waals surface area contributed by atoms with Crippen molar-refractivity contribution in [3.05, 3.63) is 36.5 Å². The topological polar surface area (TPSA) is 88.2 Å². The molecule has 122 valence electrons. The van der Waals surface area contributed by atoms with Crippen LogP contribution in [0.4, 0.5) is 0 Å². The number of carbonyl (C=O) groups excluding carboxylic acids is 1. The molecule has 0 aliphatic carbocycles. The van der Waals surface area contributed by atoms with Crippen molar-refractivity contribution in [3.8, 4) is 10.6 Å². The first kappa shape index (κ1) is 16.1. The number of thiophene rings is 1. The van der Waals surface area contributed by atoms with Crippen molar-refractivity contribution in [1.82, 2.24) is 15.0 Å². The molecule has 2 aromatic rings. The van der Waals surface area contributed by atoms with Crippen molar-refractivity contribution in [3.63, 3.8) is 0 Å². The molecule has 2 N–H and O–H groups in total. The van der Waals surface area contributed by atoms with Gasteiger partial charge in [0.1, 0.15) is 10.3 Å². The van der Waals surface area contributed by atoms with E-state index in [-0.39, 0.29) is 10.1 Å². The van der Waals surface area contributed by atoms with Gasteiger partial charge in [-0.3, -0.25) is 9.78 Å². The quantitative estimate of drug-likeness (QED) is 0.878. The van der Waals surface area contributed by atoms with Crippen LogP contribution in [0, 0.1) is 0 Å². The number of rotatable bonds is 4. The lowest BCUT2D eigenvalue weighted by molar-refractivity contribution is -0.122. The first-order valence-electron chi connectivity index (χ1n) is 7.37. The molecule has 1 fully saturated rings. The summed E-state index contributed by atoms with van der Waals surface area (Å²) in [6.45, 7) is 0.597. The minimum atomic E-state index is -3.72. The fourth-order valence-electron chi connectivity index (χ4n) is 2.41. The zero-order valence-electron chi connectivity index (χ0n) is 12.4. The van der Waals surface area contributed by atoms with Crippen molar-refractivity contribution in [1.29, 1.82) is 0 Å². The van der Waals surface area contributed by atoms with E-state index in [1.807, 2.05) is 12.1 Å². The lowest BCUT2D eigenvalue weighted by Crippen LogP contribution is -2.45.